The van der Waals surface area contributed by atoms with Crippen LogP contribution in [0.25, 0.3) is 43.6 Å². The summed E-state index contributed by atoms with van der Waals surface area (Å²) in [7, 11) is 5.76. The predicted molar refractivity (Wildman–Crippen MR) is 537 cm³/mol. The third kappa shape index (κ3) is 22.8. The van der Waals surface area contributed by atoms with E-state index in [1.165, 1.54) is 69.0 Å². The van der Waals surface area contributed by atoms with Crippen LogP contribution in [0.5, 0.6) is 28.7 Å². The topological polar surface area (TPSA) is 304 Å². The number of carbonyl (C=O) groups is 6. The molecule has 734 valence electrons. The normalized spacial score (nSPS) is 18.5. The molecule has 7 aliphatic heterocycles. The average molecular weight is 1990 g/mol. The van der Waals surface area contributed by atoms with E-state index in [0.29, 0.717) is 148 Å². The smallest absolute Gasteiger partial charge is 0.416 e. The zero-order valence-corrected chi connectivity index (χ0v) is 81.9. The standard InChI is InChI=1S/C31H31ClFN3O3.C26H28ClN3O5.C26H30ClN3O3.C24H26ClN3O5/c1-35-16-3-2-4-23(35)19-38-24-10-5-20(6-11-24)30-29-26(27-18-21(32)7-14-28(27)34-29)15-17-36(30)31(37)39-25-12-8-22(33)9-13-25;1-2-34-26(32)30-10-9-20-21-15-18(27)5-8-22(21)28-24(20)25(30)17-3-6-19(7-4-17)35-16-23(31)29-11-13-33-14-12-29;1-29-13-4-3-5-19(29)16-33-20-9-6-17(7-10-20)25-24-21(12-14-30(25)26(31)32-2)22-15-18(27)8-11-23(22)28-24;1-2-32-24(31)28-11-9-18-19-13-16(25)5-8-20(19)27-22(18)23(28)15-3-6-17(7-4-15)33-14-21(30)26-10-12-29/h5-14,18,23,30,34H,2-4,15-17,19H2,1H3;3-8,15,25,28H,2,9-14,16H2,1H3;6-11,15,19,25,28H,3-5,12-14,16H2,1-2H3;3-8,13,23,27,29H,2,9-12,14H2,1H3,(H,26,30). The number of aromatic nitrogens is 4. The molecule has 33 heteroatoms. The minimum absolute atomic E-state index is 0.0232. The highest BCUT2D eigenvalue weighted by molar-refractivity contribution is 6.32. The Balaban J connectivity index is 0.000000129. The number of nitrogens with zero attached hydrogens (tertiary/aromatic N) is 7. The summed E-state index contributed by atoms with van der Waals surface area (Å²) in [6, 6.07) is 59.1. The van der Waals surface area contributed by atoms with Crippen LogP contribution in [0.15, 0.2) is 194 Å². The van der Waals surface area contributed by atoms with E-state index in [0.717, 1.165) is 143 Å². The van der Waals surface area contributed by atoms with E-state index in [2.05, 4.69) is 49.1 Å². The molecule has 0 bridgehead atoms. The number of H-pyrrole nitrogens is 4. The second-order valence-corrected chi connectivity index (χ2v) is 37.5. The fourth-order valence-electron chi connectivity index (χ4n) is 19.9. The summed E-state index contributed by atoms with van der Waals surface area (Å²) in [5, 5.41) is 18.3. The molecule has 4 aromatic heterocycles. The molecular formula is C107H115Cl4FN12O16. The molecular weight excluding hydrogens is 1870 g/mol. The number of halogens is 5. The van der Waals surface area contributed by atoms with Gasteiger partial charge in [-0.3, -0.25) is 29.2 Å². The van der Waals surface area contributed by atoms with Crippen molar-refractivity contribution in [3.05, 3.63) is 287 Å². The first-order chi connectivity index (χ1) is 68.1. The molecule has 20 rings (SSSR count). The number of nitrogens with one attached hydrogen (secondary N) is 5. The zero-order valence-electron chi connectivity index (χ0n) is 78.8. The minimum atomic E-state index is -0.491. The van der Waals surface area contributed by atoms with Crippen LogP contribution in [0.1, 0.15) is 144 Å². The molecule has 140 heavy (non-hydrogen) atoms. The van der Waals surface area contributed by atoms with Gasteiger partial charge in [0, 0.05) is 144 Å². The number of methoxy groups -OCH3 is 1. The number of aliphatic hydroxyl groups is 1. The first-order valence-corrected chi connectivity index (χ1v) is 49.3. The number of amides is 6. The summed E-state index contributed by atoms with van der Waals surface area (Å²) < 4.78 is 63.7. The third-order valence-corrected chi connectivity index (χ3v) is 28.0. The number of fused-ring (bicyclic) bond motifs is 12. The maximum atomic E-state index is 13.4. The molecule has 13 aromatic rings. The van der Waals surface area contributed by atoms with Crippen LogP contribution >= 0.6 is 46.4 Å². The lowest BCUT2D eigenvalue weighted by molar-refractivity contribution is -0.137. The third-order valence-electron chi connectivity index (χ3n) is 27.1. The van der Waals surface area contributed by atoms with E-state index in [1.54, 1.807) is 50.5 Å². The van der Waals surface area contributed by atoms with Gasteiger partial charge in [0.25, 0.3) is 11.8 Å². The molecule has 0 spiro atoms. The quantitative estimate of drug-likeness (QED) is 0.0364. The molecule has 0 radical (unpaired) electrons. The Labute approximate surface area is 831 Å². The molecule has 0 saturated carbocycles. The van der Waals surface area contributed by atoms with Crippen molar-refractivity contribution in [1.29, 1.82) is 0 Å². The number of benzene rings is 9. The number of aromatic amines is 4. The Bertz CT molecular complexity index is 6540. The van der Waals surface area contributed by atoms with Crippen molar-refractivity contribution < 1.29 is 80.9 Å². The van der Waals surface area contributed by atoms with E-state index in [9.17, 15) is 33.2 Å². The Morgan fingerprint density at radius 2 is 0.750 bits per heavy atom. The average Bonchev–Trinajstić information content (AvgIpc) is 1.60. The second kappa shape index (κ2) is 45.7. The van der Waals surface area contributed by atoms with Crippen molar-refractivity contribution in [3.8, 4) is 28.7 Å². The number of hydrogen-bond acceptors (Lipinski definition) is 18. The van der Waals surface area contributed by atoms with Gasteiger partial charge in [-0.05, 0) is 282 Å². The molecule has 6 unspecified atom stereocenters. The number of ether oxygens (including phenoxy) is 9. The van der Waals surface area contributed by atoms with E-state index in [1.807, 2.05) is 158 Å². The molecule has 3 fully saturated rings. The highest BCUT2D eigenvalue weighted by Crippen LogP contribution is 2.46. The summed E-state index contributed by atoms with van der Waals surface area (Å²) in [6.45, 7) is 12.0. The summed E-state index contributed by atoms with van der Waals surface area (Å²) in [5.74, 6) is 2.32. The van der Waals surface area contributed by atoms with Crippen molar-refractivity contribution in [2.45, 2.75) is 114 Å². The van der Waals surface area contributed by atoms with Gasteiger partial charge in [-0.25, -0.2) is 23.6 Å². The Hall–Kier alpha value is -12.7. The maximum absolute atomic E-state index is 13.4. The van der Waals surface area contributed by atoms with E-state index < -0.39 is 12.1 Å². The van der Waals surface area contributed by atoms with Crippen LogP contribution in [-0.2, 0) is 54.2 Å². The van der Waals surface area contributed by atoms with Crippen molar-refractivity contribution in [3.63, 3.8) is 0 Å². The number of rotatable bonds is 21. The van der Waals surface area contributed by atoms with Crippen LogP contribution in [0.2, 0.25) is 20.1 Å². The van der Waals surface area contributed by atoms with Gasteiger partial charge < -0.3 is 87.7 Å². The SMILES string of the molecule is CCOC(=O)N1CCc2c([nH]c3ccc(Cl)cc23)C1c1ccc(OCC(=O)N2CCOCC2)cc1.CCOC(=O)N1CCc2c([nH]c3ccc(Cl)cc23)C1c1ccc(OCC(=O)NCCO)cc1.CN1CCCCC1COc1ccc(C2c3[nH]c4ccc(Cl)cc4c3CCN2C(=O)Oc2ccc(F)cc2)cc1.COC(=O)N1CCc2c([nH]c3ccc(Cl)cc23)C1c1ccc(OCC2CCCCN2C)cc1. The van der Waals surface area contributed by atoms with Crippen molar-refractivity contribution in [2.75, 3.05) is 140 Å². The number of morpholine rings is 1. The van der Waals surface area contributed by atoms with Gasteiger partial charge in [-0.15, -0.1) is 0 Å². The second-order valence-electron chi connectivity index (χ2n) is 35.7. The van der Waals surface area contributed by atoms with Gasteiger partial charge in [0.2, 0.25) is 0 Å². The van der Waals surface area contributed by atoms with E-state index in [4.69, 9.17) is 94.1 Å². The first-order valence-electron chi connectivity index (χ1n) is 47.8. The molecule has 6 atom stereocenters. The van der Waals surface area contributed by atoms with Gasteiger partial charge in [-0.1, -0.05) is 108 Å². The summed E-state index contributed by atoms with van der Waals surface area (Å²) >= 11 is 25.1. The van der Waals surface area contributed by atoms with Crippen LogP contribution in [0.3, 0.4) is 0 Å². The van der Waals surface area contributed by atoms with Crippen LogP contribution in [-0.4, -0.2) is 247 Å². The number of hydrogen-bond donors (Lipinski definition) is 6. The molecule has 9 aromatic carbocycles. The van der Waals surface area contributed by atoms with Crippen LogP contribution in [0.4, 0.5) is 23.6 Å². The van der Waals surface area contributed by atoms with Crippen LogP contribution in [0, 0.1) is 5.82 Å². The highest BCUT2D eigenvalue weighted by atomic mass is 35.5. The van der Waals surface area contributed by atoms with E-state index in [-0.39, 0.29) is 80.4 Å². The number of likely N-dealkylation sites (N-methyl/N-ethyl adjacent to an activating group) is 2. The van der Waals surface area contributed by atoms with Gasteiger partial charge >= 0.3 is 24.4 Å². The van der Waals surface area contributed by atoms with Crippen molar-refractivity contribution in [1.82, 2.24) is 59.6 Å². The highest BCUT2D eigenvalue weighted by Gasteiger charge is 2.41. The Morgan fingerprint density at radius 1 is 0.414 bits per heavy atom. The number of aliphatic hydroxyl groups excluding tert-OH is 1. The van der Waals surface area contributed by atoms with Gasteiger partial charge in [0.1, 0.15) is 71.9 Å². The largest absolute Gasteiger partial charge is 0.492 e. The Morgan fingerprint density at radius 3 is 1.09 bits per heavy atom. The maximum Gasteiger partial charge on any atom is 0.416 e. The van der Waals surface area contributed by atoms with Gasteiger partial charge in [-0.2, -0.15) is 0 Å². The monoisotopic (exact) mass is 1980 g/mol. The van der Waals surface area contributed by atoms with Gasteiger partial charge in [0.15, 0.2) is 13.2 Å². The molecule has 28 nitrogen and oxygen atoms in total. The molecule has 0 aliphatic carbocycles. The predicted octanol–water partition coefficient (Wildman–Crippen LogP) is 19.9. The summed E-state index contributed by atoms with van der Waals surface area (Å²) in [5.41, 5.74) is 16.2. The molecule has 6 amide bonds. The zero-order chi connectivity index (χ0) is 97.6. The molecule has 11 heterocycles. The lowest BCUT2D eigenvalue weighted by Gasteiger charge is -2.35. The summed E-state index contributed by atoms with van der Waals surface area (Å²) in [4.78, 5) is 103. The number of carbonyl (C=O) groups excluding carboxylic acids is 6. The van der Waals surface area contributed by atoms with Crippen molar-refractivity contribution >= 4 is 126 Å². The van der Waals surface area contributed by atoms with Gasteiger partial charge in [0.05, 0.1) is 40.1 Å². The fraction of sp³-hybridized carbons (Fsp3) is 0.364. The Kier molecular flexibility index (Phi) is 32.3. The first kappa shape index (κ1) is 98.9. The fourth-order valence-corrected chi connectivity index (χ4v) is 20.6. The molecule has 3 saturated heterocycles. The van der Waals surface area contributed by atoms with Crippen LogP contribution < -0.4 is 29.0 Å². The van der Waals surface area contributed by atoms with E-state index >= 15 is 0 Å². The number of likely N-dealkylation sites (tertiary alicyclic amines) is 2. The molecule has 7 aliphatic rings. The lowest BCUT2D eigenvalue weighted by Crippen LogP contribution is -2.43. The minimum Gasteiger partial charge on any atom is -0.492 e. The van der Waals surface area contributed by atoms with Crippen molar-refractivity contribution in [2.24, 2.45) is 0 Å². The lowest BCUT2D eigenvalue weighted by atomic mass is 9.92. The summed E-state index contributed by atoms with van der Waals surface area (Å²) in [6.07, 6.45) is 8.59. The number of piperidine rings is 2. The molecule has 6 N–H and O–H groups in total.